The highest BCUT2D eigenvalue weighted by Crippen LogP contribution is 2.30. The van der Waals surface area contributed by atoms with Crippen molar-refractivity contribution in [1.29, 1.82) is 0 Å². The van der Waals surface area contributed by atoms with Crippen LogP contribution in [0.4, 0.5) is 0 Å². The van der Waals surface area contributed by atoms with Gasteiger partial charge in [0.05, 0.1) is 6.61 Å². The molecule has 2 fully saturated rings. The second kappa shape index (κ2) is 6.82. The van der Waals surface area contributed by atoms with Gasteiger partial charge in [0, 0.05) is 11.1 Å². The van der Waals surface area contributed by atoms with Crippen molar-refractivity contribution in [3.63, 3.8) is 0 Å². The Bertz CT molecular complexity index is 439. The monoisotopic (exact) mass is 293 g/mol. The van der Waals surface area contributed by atoms with Crippen LogP contribution < -0.4 is 10.1 Å². The molecule has 1 aromatic carbocycles. The van der Waals surface area contributed by atoms with Crippen molar-refractivity contribution in [2.75, 3.05) is 13.2 Å². The minimum atomic E-state index is 0.577. The Morgan fingerprint density at radius 1 is 1.15 bits per heavy atom. The van der Waals surface area contributed by atoms with Gasteiger partial charge in [-0.05, 0) is 68.3 Å². The predicted molar refractivity (Wildman–Crippen MR) is 83.6 cm³/mol. The molecule has 3 rings (SSSR count). The number of rotatable bonds is 5. The first kappa shape index (κ1) is 14.2. The molecule has 0 radical (unpaired) electrons. The molecule has 0 spiro atoms. The molecule has 3 heteroatoms. The lowest BCUT2D eigenvalue weighted by Crippen LogP contribution is -2.35. The van der Waals surface area contributed by atoms with Gasteiger partial charge < -0.3 is 10.1 Å². The van der Waals surface area contributed by atoms with E-state index in [9.17, 15) is 0 Å². The molecular formula is C17H24ClNO. The molecule has 1 aliphatic carbocycles. The number of nitrogens with one attached hydrogen (secondary N) is 1. The third kappa shape index (κ3) is 3.67. The van der Waals surface area contributed by atoms with Crippen molar-refractivity contribution in [2.24, 2.45) is 5.92 Å². The molecule has 0 bridgehead atoms. The highest BCUT2D eigenvalue weighted by molar-refractivity contribution is 6.30. The van der Waals surface area contributed by atoms with Crippen molar-refractivity contribution in [3.05, 3.63) is 28.8 Å². The van der Waals surface area contributed by atoms with Crippen molar-refractivity contribution in [2.45, 2.75) is 51.0 Å². The van der Waals surface area contributed by atoms with Gasteiger partial charge in [0.1, 0.15) is 5.75 Å². The van der Waals surface area contributed by atoms with Gasteiger partial charge in [0.25, 0.3) is 0 Å². The molecule has 2 aliphatic rings. The van der Waals surface area contributed by atoms with Gasteiger partial charge in [-0.2, -0.15) is 0 Å². The van der Waals surface area contributed by atoms with E-state index in [1.54, 1.807) is 0 Å². The van der Waals surface area contributed by atoms with Crippen LogP contribution in [0.25, 0.3) is 0 Å². The molecule has 1 unspecified atom stereocenters. The Labute approximate surface area is 126 Å². The summed E-state index contributed by atoms with van der Waals surface area (Å²) < 4.78 is 6.05. The minimum absolute atomic E-state index is 0.577. The average Bonchev–Trinajstić information content (AvgIpc) is 2.40. The molecule has 1 aromatic rings. The Morgan fingerprint density at radius 2 is 2.05 bits per heavy atom. The van der Waals surface area contributed by atoms with E-state index in [2.05, 4.69) is 11.4 Å². The molecule has 0 amide bonds. The van der Waals surface area contributed by atoms with E-state index >= 15 is 0 Å². The molecule has 1 heterocycles. The van der Waals surface area contributed by atoms with E-state index in [1.165, 1.54) is 44.1 Å². The van der Waals surface area contributed by atoms with Crippen molar-refractivity contribution >= 4 is 11.6 Å². The Kier molecular flexibility index (Phi) is 4.85. The predicted octanol–water partition coefficient (Wildman–Crippen LogP) is 4.20. The maximum atomic E-state index is 6.16. The number of piperidine rings is 1. The molecule has 20 heavy (non-hydrogen) atoms. The number of benzene rings is 1. The Balaban J connectivity index is 1.64. The summed E-state index contributed by atoms with van der Waals surface area (Å²) in [5.74, 6) is 1.81. The van der Waals surface area contributed by atoms with Crippen LogP contribution >= 0.6 is 11.6 Å². The van der Waals surface area contributed by atoms with E-state index in [4.69, 9.17) is 16.3 Å². The van der Waals surface area contributed by atoms with Crippen LogP contribution in [-0.4, -0.2) is 19.2 Å². The van der Waals surface area contributed by atoms with Crippen LogP contribution in [0.1, 0.15) is 44.1 Å². The third-order valence-electron chi connectivity index (χ3n) is 4.60. The van der Waals surface area contributed by atoms with Gasteiger partial charge in [-0.15, -0.1) is 0 Å². The lowest BCUT2D eigenvalue weighted by atomic mass is 9.86. The van der Waals surface area contributed by atoms with E-state index in [1.807, 2.05) is 12.1 Å². The number of hydrogen-bond acceptors (Lipinski definition) is 2. The Morgan fingerprint density at radius 3 is 2.75 bits per heavy atom. The largest absolute Gasteiger partial charge is 0.493 e. The summed E-state index contributed by atoms with van der Waals surface area (Å²) in [7, 11) is 0. The standard InChI is InChI=1S/C17H24ClNO/c18-15-7-8-17(20-12-13-4-3-5-13)14(10-15)11-16-6-1-2-9-19-16/h7-8,10,13,16,19H,1-6,9,11-12H2. The second-order valence-electron chi connectivity index (χ2n) is 6.21. The molecular weight excluding hydrogens is 270 g/mol. The normalized spacial score (nSPS) is 23.4. The maximum absolute atomic E-state index is 6.16. The quantitative estimate of drug-likeness (QED) is 0.878. The van der Waals surface area contributed by atoms with Crippen LogP contribution in [0, 0.1) is 5.92 Å². The fraction of sp³-hybridized carbons (Fsp3) is 0.647. The zero-order valence-corrected chi connectivity index (χ0v) is 12.8. The van der Waals surface area contributed by atoms with Crippen LogP contribution in [0.2, 0.25) is 5.02 Å². The minimum Gasteiger partial charge on any atom is -0.493 e. The Hall–Kier alpha value is -0.730. The first-order valence-corrected chi connectivity index (χ1v) is 8.33. The topological polar surface area (TPSA) is 21.3 Å². The van der Waals surface area contributed by atoms with Gasteiger partial charge >= 0.3 is 0 Å². The van der Waals surface area contributed by atoms with Crippen molar-refractivity contribution in [3.8, 4) is 5.75 Å². The smallest absolute Gasteiger partial charge is 0.122 e. The summed E-state index contributed by atoms with van der Waals surface area (Å²) in [6.07, 6.45) is 8.94. The SMILES string of the molecule is Clc1ccc(OCC2CCC2)c(CC2CCCCN2)c1. The summed E-state index contributed by atoms with van der Waals surface area (Å²) in [4.78, 5) is 0. The van der Waals surface area contributed by atoms with Crippen LogP contribution in [0.15, 0.2) is 18.2 Å². The highest BCUT2D eigenvalue weighted by atomic mass is 35.5. The number of ether oxygens (including phenoxy) is 1. The zero-order chi connectivity index (χ0) is 13.8. The number of halogens is 1. The van der Waals surface area contributed by atoms with Gasteiger partial charge in [-0.1, -0.05) is 24.4 Å². The van der Waals surface area contributed by atoms with Crippen LogP contribution in [-0.2, 0) is 6.42 Å². The molecule has 1 atom stereocenters. The third-order valence-corrected chi connectivity index (χ3v) is 4.84. The summed E-state index contributed by atoms with van der Waals surface area (Å²) >= 11 is 6.16. The van der Waals surface area contributed by atoms with E-state index in [0.717, 1.165) is 36.3 Å². The molecule has 110 valence electrons. The maximum Gasteiger partial charge on any atom is 0.122 e. The van der Waals surface area contributed by atoms with Gasteiger partial charge in [-0.3, -0.25) is 0 Å². The van der Waals surface area contributed by atoms with Crippen molar-refractivity contribution < 1.29 is 4.74 Å². The first-order chi connectivity index (χ1) is 9.81. The molecule has 1 saturated carbocycles. The summed E-state index contributed by atoms with van der Waals surface area (Å²) in [6, 6.07) is 6.64. The molecule has 0 aromatic heterocycles. The lowest BCUT2D eigenvalue weighted by Gasteiger charge is -2.27. The van der Waals surface area contributed by atoms with E-state index < -0.39 is 0 Å². The fourth-order valence-electron chi connectivity index (χ4n) is 3.08. The summed E-state index contributed by atoms with van der Waals surface area (Å²) in [5, 5.41) is 4.41. The molecule has 1 saturated heterocycles. The average molecular weight is 294 g/mol. The van der Waals surface area contributed by atoms with Crippen molar-refractivity contribution in [1.82, 2.24) is 5.32 Å². The fourth-order valence-corrected chi connectivity index (χ4v) is 3.27. The number of hydrogen-bond donors (Lipinski definition) is 1. The van der Waals surface area contributed by atoms with Crippen LogP contribution in [0.5, 0.6) is 5.75 Å². The zero-order valence-electron chi connectivity index (χ0n) is 12.0. The van der Waals surface area contributed by atoms with Crippen LogP contribution in [0.3, 0.4) is 0 Å². The van der Waals surface area contributed by atoms with Gasteiger partial charge in [0.2, 0.25) is 0 Å². The second-order valence-corrected chi connectivity index (χ2v) is 6.65. The molecule has 2 nitrogen and oxygen atoms in total. The summed E-state index contributed by atoms with van der Waals surface area (Å²) in [6.45, 7) is 2.01. The highest BCUT2D eigenvalue weighted by Gasteiger charge is 2.20. The summed E-state index contributed by atoms with van der Waals surface area (Å²) in [5.41, 5.74) is 1.26. The van der Waals surface area contributed by atoms with E-state index in [-0.39, 0.29) is 0 Å². The molecule has 1 aliphatic heterocycles. The van der Waals surface area contributed by atoms with Gasteiger partial charge in [-0.25, -0.2) is 0 Å². The van der Waals surface area contributed by atoms with E-state index in [0.29, 0.717) is 6.04 Å². The lowest BCUT2D eigenvalue weighted by molar-refractivity contribution is 0.179. The van der Waals surface area contributed by atoms with Gasteiger partial charge in [0.15, 0.2) is 0 Å². The molecule has 1 N–H and O–H groups in total. The first-order valence-electron chi connectivity index (χ1n) is 7.96.